The maximum atomic E-state index is 5.65. The summed E-state index contributed by atoms with van der Waals surface area (Å²) < 4.78 is 0. The molecule has 0 saturated heterocycles. The lowest BCUT2D eigenvalue weighted by atomic mass is 10.1. The van der Waals surface area contributed by atoms with Gasteiger partial charge in [0.1, 0.15) is 0 Å². The molecule has 3 N–H and O–H groups in total. The standard InChI is InChI=1S/C11H15N3/c1-13-11(12)14-10-7-6-8-4-2-3-5-9(8)10/h2-5,10H,6-7H2,1H3,(H3,12,13,14). The van der Waals surface area contributed by atoms with Gasteiger partial charge in [-0.1, -0.05) is 24.3 Å². The van der Waals surface area contributed by atoms with E-state index < -0.39 is 0 Å². The van der Waals surface area contributed by atoms with E-state index in [0.29, 0.717) is 12.0 Å². The smallest absolute Gasteiger partial charge is 0.188 e. The van der Waals surface area contributed by atoms with E-state index in [1.54, 1.807) is 7.05 Å². The molecule has 0 aromatic heterocycles. The third-order valence-corrected chi connectivity index (χ3v) is 2.70. The Morgan fingerprint density at radius 1 is 1.50 bits per heavy atom. The number of hydrogen-bond donors (Lipinski definition) is 2. The fourth-order valence-corrected chi connectivity index (χ4v) is 1.95. The van der Waals surface area contributed by atoms with E-state index in [9.17, 15) is 0 Å². The Labute approximate surface area is 84.0 Å². The lowest BCUT2D eigenvalue weighted by Gasteiger charge is -2.13. The van der Waals surface area contributed by atoms with Gasteiger partial charge in [0, 0.05) is 7.05 Å². The summed E-state index contributed by atoms with van der Waals surface area (Å²) in [5.74, 6) is 0.520. The normalized spacial score (nSPS) is 20.6. The van der Waals surface area contributed by atoms with Crippen LogP contribution in [-0.4, -0.2) is 13.0 Å². The van der Waals surface area contributed by atoms with Crippen molar-refractivity contribution in [3.8, 4) is 0 Å². The summed E-state index contributed by atoms with van der Waals surface area (Å²) in [6, 6.07) is 8.82. The SMILES string of the molecule is CN=C(N)NC1CCc2ccccc21. The van der Waals surface area contributed by atoms with Crippen molar-refractivity contribution in [2.45, 2.75) is 18.9 Å². The minimum absolute atomic E-state index is 0.342. The zero-order valence-corrected chi connectivity index (χ0v) is 8.33. The average molecular weight is 189 g/mol. The Kier molecular flexibility index (Phi) is 2.39. The summed E-state index contributed by atoms with van der Waals surface area (Å²) in [5, 5.41) is 3.21. The van der Waals surface area contributed by atoms with Crippen molar-refractivity contribution in [1.82, 2.24) is 5.32 Å². The molecule has 74 valence electrons. The van der Waals surface area contributed by atoms with E-state index >= 15 is 0 Å². The summed E-state index contributed by atoms with van der Waals surface area (Å²) in [7, 11) is 1.70. The summed E-state index contributed by atoms with van der Waals surface area (Å²) in [4.78, 5) is 3.91. The molecule has 0 saturated carbocycles. The largest absolute Gasteiger partial charge is 0.370 e. The van der Waals surface area contributed by atoms with Gasteiger partial charge in [-0.25, -0.2) is 0 Å². The molecule has 1 unspecified atom stereocenters. The summed E-state index contributed by atoms with van der Waals surface area (Å²) in [6.07, 6.45) is 2.24. The van der Waals surface area contributed by atoms with E-state index in [2.05, 4.69) is 34.6 Å². The van der Waals surface area contributed by atoms with Crippen LogP contribution in [0.3, 0.4) is 0 Å². The van der Waals surface area contributed by atoms with Crippen LogP contribution in [0.2, 0.25) is 0 Å². The Bertz CT molecular complexity index is 357. The first-order chi connectivity index (χ1) is 6.81. The highest BCUT2D eigenvalue weighted by Crippen LogP contribution is 2.30. The number of nitrogens with one attached hydrogen (secondary N) is 1. The van der Waals surface area contributed by atoms with Crippen LogP contribution in [0.5, 0.6) is 0 Å². The van der Waals surface area contributed by atoms with Crippen LogP contribution in [0.25, 0.3) is 0 Å². The molecule has 0 heterocycles. The molecule has 14 heavy (non-hydrogen) atoms. The molecular weight excluding hydrogens is 174 g/mol. The van der Waals surface area contributed by atoms with E-state index in [-0.39, 0.29) is 0 Å². The predicted molar refractivity (Wildman–Crippen MR) is 58.2 cm³/mol. The lowest BCUT2D eigenvalue weighted by Crippen LogP contribution is -2.33. The van der Waals surface area contributed by atoms with Gasteiger partial charge in [-0.3, -0.25) is 4.99 Å². The quantitative estimate of drug-likeness (QED) is 0.515. The maximum Gasteiger partial charge on any atom is 0.188 e. The fraction of sp³-hybridized carbons (Fsp3) is 0.364. The Morgan fingerprint density at radius 2 is 2.29 bits per heavy atom. The molecule has 0 spiro atoms. The number of nitrogens with zero attached hydrogens (tertiary/aromatic N) is 1. The van der Waals surface area contributed by atoms with Crippen molar-refractivity contribution in [3.05, 3.63) is 35.4 Å². The molecular formula is C11H15N3. The number of hydrogen-bond acceptors (Lipinski definition) is 1. The summed E-state index contributed by atoms with van der Waals surface area (Å²) >= 11 is 0. The number of nitrogens with two attached hydrogens (primary N) is 1. The first kappa shape index (κ1) is 9.06. The van der Waals surface area contributed by atoms with Crippen LogP contribution >= 0.6 is 0 Å². The summed E-state index contributed by atoms with van der Waals surface area (Å²) in [5.41, 5.74) is 8.43. The van der Waals surface area contributed by atoms with Crippen molar-refractivity contribution < 1.29 is 0 Å². The molecule has 0 bridgehead atoms. The van der Waals surface area contributed by atoms with Gasteiger partial charge in [0.15, 0.2) is 5.96 Å². The predicted octanol–water partition coefficient (Wildman–Crippen LogP) is 1.21. The second kappa shape index (κ2) is 3.70. The van der Waals surface area contributed by atoms with Crippen LogP contribution in [-0.2, 0) is 6.42 Å². The lowest BCUT2D eigenvalue weighted by molar-refractivity contribution is 0.636. The number of guanidine groups is 1. The van der Waals surface area contributed by atoms with E-state index in [1.165, 1.54) is 11.1 Å². The van der Waals surface area contributed by atoms with Crippen molar-refractivity contribution in [2.75, 3.05) is 7.05 Å². The van der Waals surface area contributed by atoms with Crippen molar-refractivity contribution in [2.24, 2.45) is 10.7 Å². The molecule has 0 fully saturated rings. The second-order valence-electron chi connectivity index (χ2n) is 3.54. The highest BCUT2D eigenvalue weighted by molar-refractivity contribution is 5.78. The van der Waals surface area contributed by atoms with Crippen LogP contribution in [0.1, 0.15) is 23.6 Å². The highest BCUT2D eigenvalue weighted by atomic mass is 15.1. The third kappa shape index (κ3) is 1.58. The zero-order valence-electron chi connectivity index (χ0n) is 8.33. The van der Waals surface area contributed by atoms with Crippen LogP contribution < -0.4 is 11.1 Å². The number of rotatable bonds is 1. The van der Waals surface area contributed by atoms with Gasteiger partial charge in [0.2, 0.25) is 0 Å². The van der Waals surface area contributed by atoms with E-state index in [4.69, 9.17) is 5.73 Å². The minimum atomic E-state index is 0.342. The topological polar surface area (TPSA) is 50.4 Å². The molecule has 1 aromatic carbocycles. The molecule has 1 atom stereocenters. The average Bonchev–Trinajstić information content (AvgIpc) is 2.62. The van der Waals surface area contributed by atoms with Gasteiger partial charge >= 0.3 is 0 Å². The van der Waals surface area contributed by atoms with Gasteiger partial charge < -0.3 is 11.1 Å². The molecule has 1 aromatic rings. The summed E-state index contributed by atoms with van der Waals surface area (Å²) in [6.45, 7) is 0. The molecule has 0 radical (unpaired) electrons. The molecule has 3 nitrogen and oxygen atoms in total. The highest BCUT2D eigenvalue weighted by Gasteiger charge is 2.21. The van der Waals surface area contributed by atoms with Crippen molar-refractivity contribution in [1.29, 1.82) is 0 Å². The number of benzene rings is 1. The number of aryl methyl sites for hydroxylation is 1. The van der Waals surface area contributed by atoms with Crippen LogP contribution in [0, 0.1) is 0 Å². The van der Waals surface area contributed by atoms with Gasteiger partial charge in [-0.2, -0.15) is 0 Å². The first-order valence-corrected chi connectivity index (χ1v) is 4.88. The van der Waals surface area contributed by atoms with Crippen LogP contribution in [0.4, 0.5) is 0 Å². The molecule has 0 aliphatic heterocycles. The third-order valence-electron chi connectivity index (χ3n) is 2.70. The van der Waals surface area contributed by atoms with Crippen molar-refractivity contribution in [3.63, 3.8) is 0 Å². The van der Waals surface area contributed by atoms with Gasteiger partial charge in [-0.15, -0.1) is 0 Å². The van der Waals surface area contributed by atoms with Gasteiger partial charge in [-0.05, 0) is 24.0 Å². The Balaban J connectivity index is 2.18. The van der Waals surface area contributed by atoms with E-state index in [0.717, 1.165) is 12.8 Å². The second-order valence-corrected chi connectivity index (χ2v) is 3.54. The molecule has 3 heteroatoms. The molecule has 2 rings (SSSR count). The van der Waals surface area contributed by atoms with Crippen molar-refractivity contribution >= 4 is 5.96 Å². The minimum Gasteiger partial charge on any atom is -0.370 e. The molecule has 1 aliphatic carbocycles. The van der Waals surface area contributed by atoms with Gasteiger partial charge in [0.05, 0.1) is 6.04 Å². The molecule has 0 amide bonds. The number of fused-ring (bicyclic) bond motifs is 1. The molecule has 1 aliphatic rings. The Morgan fingerprint density at radius 3 is 3.07 bits per heavy atom. The maximum absolute atomic E-state index is 5.65. The Hall–Kier alpha value is -1.51. The van der Waals surface area contributed by atoms with Gasteiger partial charge in [0.25, 0.3) is 0 Å². The number of aliphatic imine (C=N–C) groups is 1. The fourth-order valence-electron chi connectivity index (χ4n) is 1.95. The monoisotopic (exact) mass is 189 g/mol. The van der Waals surface area contributed by atoms with Crippen LogP contribution in [0.15, 0.2) is 29.3 Å². The van der Waals surface area contributed by atoms with E-state index in [1.807, 2.05) is 0 Å². The zero-order chi connectivity index (χ0) is 9.97. The first-order valence-electron chi connectivity index (χ1n) is 4.88.